The molecule has 16 heteroatoms. The van der Waals surface area contributed by atoms with E-state index in [1.54, 1.807) is 29.3 Å². The highest BCUT2D eigenvalue weighted by molar-refractivity contribution is 6.06. The lowest BCUT2D eigenvalue weighted by Crippen LogP contribution is -2.51. The van der Waals surface area contributed by atoms with E-state index >= 15 is 4.39 Å². The number of piperidine rings is 2. The number of nitrogens with one attached hydrogen (secondary N) is 1. The van der Waals surface area contributed by atoms with E-state index in [9.17, 15) is 19.5 Å². The molecular formula is C44H49FN10O5. The zero-order chi connectivity index (χ0) is 41.5. The number of nitrogens with two attached hydrogens (primary N) is 1. The van der Waals surface area contributed by atoms with Crippen LogP contribution in [0.1, 0.15) is 65.7 Å². The molecule has 0 aliphatic carbocycles. The monoisotopic (exact) mass is 816 g/mol. The van der Waals surface area contributed by atoms with Gasteiger partial charge in [-0.15, -0.1) is 10.2 Å². The summed E-state index contributed by atoms with van der Waals surface area (Å²) in [5, 5.41) is 22.1. The molecule has 4 fully saturated rings. The molecule has 4 aliphatic rings. The standard InChI is InChI=1S/C44H49FN10O5/c1-28-22-30(6-7-33(28)38-26-53(20-21-60-38)36-24-35(49-50-40(36)46)34-4-2-3-5-37(34)56)42(58)52-18-12-44(45,13-19-52)27-51-14-9-31(10-15-51)54-16-8-29-23-32(25-47-41(29)54)55-17-11-39(57)48-43(55)59/h2-8,16,22-25,31,38,56H,9-15,17-21,26-27H2,1H3,(H2,46,50)(H,48,57,59)/t38-/m1/s1. The Balaban J connectivity index is 0.774. The number of pyridine rings is 1. The Morgan fingerprint density at radius 2 is 1.80 bits per heavy atom. The zero-order valence-corrected chi connectivity index (χ0v) is 33.6. The second-order valence-corrected chi connectivity index (χ2v) is 16.4. The number of nitrogens with zero attached hydrogens (tertiary/aromatic N) is 8. The van der Waals surface area contributed by atoms with Crippen molar-refractivity contribution in [3.8, 4) is 17.0 Å². The summed E-state index contributed by atoms with van der Waals surface area (Å²) in [7, 11) is 0. The molecule has 0 saturated carbocycles. The quantitative estimate of drug-likeness (QED) is 0.183. The number of amides is 4. The van der Waals surface area contributed by atoms with Crippen LogP contribution in [0.4, 0.5) is 26.4 Å². The number of hydrogen-bond donors (Lipinski definition) is 3. The lowest BCUT2D eigenvalue weighted by Gasteiger charge is -2.41. The number of para-hydroxylation sites is 1. The number of aryl methyl sites for hydroxylation is 1. The fourth-order valence-corrected chi connectivity index (χ4v) is 9.19. The van der Waals surface area contributed by atoms with Crippen LogP contribution in [0.25, 0.3) is 22.3 Å². The number of phenols is 1. The van der Waals surface area contributed by atoms with E-state index in [1.807, 2.05) is 55.6 Å². The van der Waals surface area contributed by atoms with E-state index < -0.39 is 11.7 Å². The van der Waals surface area contributed by atoms with E-state index in [0.717, 1.165) is 48.1 Å². The molecule has 15 nitrogen and oxygen atoms in total. The number of aromatic hydroxyl groups is 1. The summed E-state index contributed by atoms with van der Waals surface area (Å²) in [6, 6.07) is 18.2. The summed E-state index contributed by atoms with van der Waals surface area (Å²) in [5.41, 5.74) is 10.7. The maximum absolute atomic E-state index is 16.4. The van der Waals surface area contributed by atoms with Gasteiger partial charge in [0.2, 0.25) is 5.91 Å². The van der Waals surface area contributed by atoms with Gasteiger partial charge in [0.1, 0.15) is 23.2 Å². The molecule has 4 saturated heterocycles. The summed E-state index contributed by atoms with van der Waals surface area (Å²) < 4.78 is 24.8. The molecule has 5 aromatic rings. The fraction of sp³-hybridized carbons (Fsp3) is 0.409. The number of aromatic nitrogens is 4. The highest BCUT2D eigenvalue weighted by atomic mass is 19.1. The van der Waals surface area contributed by atoms with Crippen LogP contribution >= 0.6 is 0 Å². The Morgan fingerprint density at radius 1 is 1.00 bits per heavy atom. The minimum atomic E-state index is -1.37. The number of imide groups is 1. The van der Waals surface area contributed by atoms with Crippen LogP contribution in [0.15, 0.2) is 73.1 Å². The van der Waals surface area contributed by atoms with Gasteiger partial charge in [0.05, 0.1) is 29.9 Å². The summed E-state index contributed by atoms with van der Waals surface area (Å²) >= 11 is 0. The summed E-state index contributed by atoms with van der Waals surface area (Å²) in [5.74, 6) is 0.0337. The number of carbonyl (C=O) groups is 3. The molecule has 3 aromatic heterocycles. The van der Waals surface area contributed by atoms with Gasteiger partial charge < -0.3 is 34.8 Å². The van der Waals surface area contributed by atoms with Crippen molar-refractivity contribution in [3.63, 3.8) is 0 Å². The summed E-state index contributed by atoms with van der Waals surface area (Å²) in [4.78, 5) is 50.0. The highest BCUT2D eigenvalue weighted by Crippen LogP contribution is 2.36. The molecule has 4 aliphatic heterocycles. The number of carbonyl (C=O) groups excluding carboxylic acids is 3. The SMILES string of the molecule is Cc1cc(C(=O)N2CCC(F)(CN3CCC(n4ccc5cc(N6CCC(=O)NC6=O)cnc54)CC3)CC2)ccc1[C@H]1CN(c2cc(-c3ccccc3O)nnc2N)CCO1. The van der Waals surface area contributed by atoms with Crippen LogP contribution in [0.2, 0.25) is 0 Å². The van der Waals surface area contributed by atoms with Gasteiger partial charge in [0.15, 0.2) is 5.82 Å². The number of anilines is 3. The molecule has 9 rings (SSSR count). The molecule has 0 spiro atoms. The minimum absolute atomic E-state index is 0.0972. The van der Waals surface area contributed by atoms with Gasteiger partial charge in [-0.25, -0.2) is 14.2 Å². The Labute approximate surface area is 346 Å². The molecule has 0 radical (unpaired) electrons. The predicted molar refractivity (Wildman–Crippen MR) is 225 cm³/mol. The number of nitrogen functional groups attached to an aromatic ring is 1. The van der Waals surface area contributed by atoms with Gasteiger partial charge >= 0.3 is 6.03 Å². The number of hydrogen-bond acceptors (Lipinski definition) is 11. The second kappa shape index (κ2) is 16.1. The number of fused-ring (bicyclic) bond motifs is 1. The molecule has 60 heavy (non-hydrogen) atoms. The van der Waals surface area contributed by atoms with Gasteiger partial charge in [-0.2, -0.15) is 0 Å². The van der Waals surface area contributed by atoms with Crippen molar-refractivity contribution in [1.82, 2.24) is 34.9 Å². The van der Waals surface area contributed by atoms with Crippen molar-refractivity contribution in [2.75, 3.05) is 74.5 Å². The highest BCUT2D eigenvalue weighted by Gasteiger charge is 2.39. The van der Waals surface area contributed by atoms with E-state index in [4.69, 9.17) is 15.5 Å². The number of likely N-dealkylation sites (tertiary alicyclic amines) is 2. The topological polar surface area (TPSA) is 175 Å². The lowest BCUT2D eigenvalue weighted by atomic mass is 9.91. The van der Waals surface area contributed by atoms with Crippen molar-refractivity contribution in [1.29, 1.82) is 0 Å². The number of halogens is 1. The first-order chi connectivity index (χ1) is 29.0. The first kappa shape index (κ1) is 39.3. The number of urea groups is 1. The first-order valence-corrected chi connectivity index (χ1v) is 20.7. The van der Waals surface area contributed by atoms with Gasteiger partial charge in [-0.05, 0) is 73.4 Å². The number of alkyl halides is 1. The third-order valence-electron chi connectivity index (χ3n) is 12.6. The van der Waals surface area contributed by atoms with Gasteiger partial charge in [-0.3, -0.25) is 19.8 Å². The van der Waals surface area contributed by atoms with Crippen molar-refractivity contribution in [2.24, 2.45) is 0 Å². The molecule has 0 bridgehead atoms. The molecular weight excluding hydrogens is 768 g/mol. The van der Waals surface area contributed by atoms with Crippen LogP contribution in [-0.2, 0) is 9.53 Å². The Kier molecular flexibility index (Phi) is 10.6. The Morgan fingerprint density at radius 3 is 2.57 bits per heavy atom. The van der Waals surface area contributed by atoms with Crippen LogP contribution in [0.5, 0.6) is 5.75 Å². The molecule has 312 valence electrons. The molecule has 4 N–H and O–H groups in total. The van der Waals surface area contributed by atoms with Crippen molar-refractivity contribution < 1.29 is 28.6 Å². The molecule has 1 atom stereocenters. The van der Waals surface area contributed by atoms with Gasteiger partial charge in [-0.1, -0.05) is 18.2 Å². The third-order valence-corrected chi connectivity index (χ3v) is 12.6. The normalized spacial score (nSPS) is 20.4. The first-order valence-electron chi connectivity index (χ1n) is 20.7. The molecule has 7 heterocycles. The maximum atomic E-state index is 16.4. The van der Waals surface area contributed by atoms with Crippen LogP contribution in [0, 0.1) is 6.92 Å². The fourth-order valence-electron chi connectivity index (χ4n) is 9.19. The van der Waals surface area contributed by atoms with E-state index in [-0.39, 0.29) is 49.0 Å². The number of morpholine rings is 1. The number of phenolic OH excluding ortho intramolecular Hbond substituents is 1. The predicted octanol–water partition coefficient (Wildman–Crippen LogP) is 5.40. The van der Waals surface area contributed by atoms with Gasteiger partial charge in [0, 0.05) is 100 Å². The molecule has 4 amide bonds. The Bertz CT molecular complexity index is 2440. The number of benzene rings is 2. The average molecular weight is 817 g/mol. The largest absolute Gasteiger partial charge is 0.507 e. The summed E-state index contributed by atoms with van der Waals surface area (Å²) in [6.45, 7) is 6.47. The van der Waals surface area contributed by atoms with Crippen LogP contribution in [0.3, 0.4) is 0 Å². The Hall–Kier alpha value is -6.13. The maximum Gasteiger partial charge on any atom is 0.328 e. The number of ether oxygens (including phenoxy) is 1. The van der Waals surface area contributed by atoms with Gasteiger partial charge in [0.25, 0.3) is 5.91 Å². The average Bonchev–Trinajstić information content (AvgIpc) is 3.68. The summed E-state index contributed by atoms with van der Waals surface area (Å²) in [6.07, 6.45) is 6.00. The van der Waals surface area contributed by atoms with Crippen molar-refractivity contribution in [2.45, 2.75) is 56.8 Å². The zero-order valence-electron chi connectivity index (χ0n) is 33.6. The van der Waals surface area contributed by atoms with Crippen LogP contribution < -0.4 is 20.9 Å². The van der Waals surface area contributed by atoms with E-state index in [2.05, 4.69) is 29.9 Å². The number of rotatable bonds is 8. The molecule has 2 aromatic carbocycles. The minimum Gasteiger partial charge on any atom is -0.507 e. The van der Waals surface area contributed by atoms with E-state index in [0.29, 0.717) is 79.9 Å². The van der Waals surface area contributed by atoms with E-state index in [1.165, 1.54) is 4.90 Å². The lowest BCUT2D eigenvalue weighted by molar-refractivity contribution is -0.120. The second-order valence-electron chi connectivity index (χ2n) is 16.4. The smallest absolute Gasteiger partial charge is 0.328 e. The van der Waals surface area contributed by atoms with Crippen molar-refractivity contribution >= 4 is 46.1 Å². The van der Waals surface area contributed by atoms with Crippen LogP contribution in [-0.4, -0.2) is 117 Å². The third kappa shape index (κ3) is 7.84. The van der Waals surface area contributed by atoms with Crippen molar-refractivity contribution in [3.05, 3.63) is 89.7 Å². The molecule has 0 unspecified atom stereocenters.